The second kappa shape index (κ2) is 8.87. The Hall–Kier alpha value is -1.59. The van der Waals surface area contributed by atoms with Crippen molar-refractivity contribution in [2.24, 2.45) is 0 Å². The van der Waals surface area contributed by atoms with Crippen molar-refractivity contribution in [2.45, 2.75) is 13.5 Å². The Morgan fingerprint density at radius 2 is 1.65 bits per heavy atom. The van der Waals surface area contributed by atoms with Crippen molar-refractivity contribution >= 4 is 34.8 Å². The van der Waals surface area contributed by atoms with Crippen LogP contribution in [0.15, 0.2) is 42.5 Å². The summed E-state index contributed by atoms with van der Waals surface area (Å²) in [6, 6.07) is 13.5. The standard InChI is InChI=1S/C20H23Cl2N3O/c1-15-2-6-18(7-3-15)23-20(26)14-25-10-8-24(9-11-25)13-16-4-5-17(21)12-19(16)22/h2-7,12H,8-11,13-14H2,1H3,(H,23,26). The van der Waals surface area contributed by atoms with Crippen LogP contribution in [0.4, 0.5) is 5.69 Å². The van der Waals surface area contributed by atoms with Crippen LogP contribution in [0.5, 0.6) is 0 Å². The van der Waals surface area contributed by atoms with Crippen molar-refractivity contribution in [1.82, 2.24) is 9.80 Å². The van der Waals surface area contributed by atoms with E-state index in [0.29, 0.717) is 16.6 Å². The van der Waals surface area contributed by atoms with Crippen molar-refractivity contribution in [3.8, 4) is 0 Å². The average Bonchev–Trinajstić information content (AvgIpc) is 2.61. The van der Waals surface area contributed by atoms with Crippen molar-refractivity contribution in [2.75, 3.05) is 38.0 Å². The Balaban J connectivity index is 1.44. The van der Waals surface area contributed by atoms with E-state index in [1.807, 2.05) is 43.3 Å². The van der Waals surface area contributed by atoms with Crippen molar-refractivity contribution in [1.29, 1.82) is 0 Å². The van der Waals surface area contributed by atoms with Gasteiger partial charge in [0.2, 0.25) is 5.91 Å². The first-order chi connectivity index (χ1) is 12.5. The number of rotatable bonds is 5. The van der Waals surface area contributed by atoms with Gasteiger partial charge in [0.05, 0.1) is 6.54 Å². The molecule has 0 unspecified atom stereocenters. The Bertz CT molecular complexity index is 756. The fourth-order valence-corrected chi connectivity index (χ4v) is 3.51. The fraction of sp³-hybridized carbons (Fsp3) is 0.350. The third-order valence-corrected chi connectivity index (χ3v) is 5.16. The van der Waals surface area contributed by atoms with Crippen LogP contribution in [-0.2, 0) is 11.3 Å². The van der Waals surface area contributed by atoms with Crippen LogP contribution < -0.4 is 5.32 Å². The summed E-state index contributed by atoms with van der Waals surface area (Å²) in [5.74, 6) is 0.0306. The molecule has 0 atom stereocenters. The minimum Gasteiger partial charge on any atom is -0.325 e. The predicted molar refractivity (Wildman–Crippen MR) is 108 cm³/mol. The van der Waals surface area contributed by atoms with E-state index in [-0.39, 0.29) is 5.91 Å². The molecule has 0 aliphatic carbocycles. The number of piperazine rings is 1. The normalized spacial score (nSPS) is 15.8. The summed E-state index contributed by atoms with van der Waals surface area (Å²) in [5.41, 5.74) is 3.11. The Morgan fingerprint density at radius 1 is 1.00 bits per heavy atom. The maximum Gasteiger partial charge on any atom is 0.238 e. The molecule has 26 heavy (non-hydrogen) atoms. The number of hydrogen-bond acceptors (Lipinski definition) is 3. The van der Waals surface area contributed by atoms with Crippen molar-refractivity contribution < 1.29 is 4.79 Å². The number of carbonyl (C=O) groups is 1. The number of benzene rings is 2. The molecule has 1 aliphatic rings. The number of halogens is 2. The third-order valence-electron chi connectivity index (χ3n) is 4.58. The maximum atomic E-state index is 12.2. The van der Waals surface area contributed by atoms with Gasteiger partial charge in [0.1, 0.15) is 0 Å². The number of nitrogens with zero attached hydrogens (tertiary/aromatic N) is 2. The van der Waals surface area contributed by atoms with Gasteiger partial charge in [0.25, 0.3) is 0 Å². The fourth-order valence-electron chi connectivity index (χ4n) is 3.04. The van der Waals surface area contributed by atoms with E-state index in [4.69, 9.17) is 23.2 Å². The summed E-state index contributed by atoms with van der Waals surface area (Å²) >= 11 is 12.2. The van der Waals surface area contributed by atoms with Crippen LogP contribution in [0, 0.1) is 6.92 Å². The molecule has 138 valence electrons. The zero-order valence-electron chi connectivity index (χ0n) is 14.8. The summed E-state index contributed by atoms with van der Waals surface area (Å²) in [4.78, 5) is 16.8. The minimum absolute atomic E-state index is 0.0306. The van der Waals surface area contributed by atoms with Gasteiger partial charge in [-0.1, -0.05) is 47.0 Å². The van der Waals surface area contributed by atoms with Gasteiger partial charge in [-0.05, 0) is 36.8 Å². The highest BCUT2D eigenvalue weighted by Gasteiger charge is 2.19. The summed E-state index contributed by atoms with van der Waals surface area (Å²) in [7, 11) is 0. The lowest BCUT2D eigenvalue weighted by atomic mass is 10.2. The van der Waals surface area contributed by atoms with E-state index in [9.17, 15) is 4.79 Å². The highest BCUT2D eigenvalue weighted by atomic mass is 35.5. The molecule has 2 aromatic rings. The summed E-state index contributed by atoms with van der Waals surface area (Å²) in [6.07, 6.45) is 0. The first kappa shape index (κ1) is 19.2. The second-order valence-electron chi connectivity index (χ2n) is 6.70. The molecule has 1 saturated heterocycles. The molecule has 0 spiro atoms. The molecule has 0 aromatic heterocycles. The zero-order valence-corrected chi connectivity index (χ0v) is 16.4. The molecule has 1 aliphatic heterocycles. The molecule has 3 rings (SSSR count). The minimum atomic E-state index is 0.0306. The van der Waals surface area contributed by atoms with Crippen LogP contribution in [0.2, 0.25) is 10.0 Å². The van der Waals surface area contributed by atoms with E-state index < -0.39 is 0 Å². The predicted octanol–water partition coefficient (Wildman–Crippen LogP) is 4.06. The Kier molecular flexibility index (Phi) is 6.54. The van der Waals surface area contributed by atoms with Gasteiger partial charge in [-0.2, -0.15) is 0 Å². The molecular weight excluding hydrogens is 369 g/mol. The molecule has 0 saturated carbocycles. The number of carbonyl (C=O) groups excluding carboxylic acids is 1. The molecule has 4 nitrogen and oxygen atoms in total. The van der Waals surface area contributed by atoms with Gasteiger partial charge in [-0.25, -0.2) is 0 Å². The lowest BCUT2D eigenvalue weighted by molar-refractivity contribution is -0.117. The highest BCUT2D eigenvalue weighted by molar-refractivity contribution is 6.35. The lowest BCUT2D eigenvalue weighted by Gasteiger charge is -2.34. The lowest BCUT2D eigenvalue weighted by Crippen LogP contribution is -2.48. The summed E-state index contributed by atoms with van der Waals surface area (Å²) < 4.78 is 0. The SMILES string of the molecule is Cc1ccc(NC(=O)CN2CCN(Cc3ccc(Cl)cc3Cl)CC2)cc1. The molecule has 2 aromatic carbocycles. The number of hydrogen-bond donors (Lipinski definition) is 1. The highest BCUT2D eigenvalue weighted by Crippen LogP contribution is 2.22. The second-order valence-corrected chi connectivity index (χ2v) is 7.55. The van der Waals surface area contributed by atoms with Crippen LogP contribution in [0.1, 0.15) is 11.1 Å². The number of amides is 1. The van der Waals surface area contributed by atoms with E-state index in [0.717, 1.165) is 44.0 Å². The van der Waals surface area contributed by atoms with E-state index in [1.54, 1.807) is 6.07 Å². The molecule has 1 fully saturated rings. The Labute approximate surface area is 164 Å². The maximum absolute atomic E-state index is 12.2. The van der Waals surface area contributed by atoms with Crippen LogP contribution in [0.3, 0.4) is 0 Å². The molecular formula is C20H23Cl2N3O. The quantitative estimate of drug-likeness (QED) is 0.834. The van der Waals surface area contributed by atoms with E-state index in [1.165, 1.54) is 5.56 Å². The van der Waals surface area contributed by atoms with Gasteiger partial charge in [-0.3, -0.25) is 14.6 Å². The average molecular weight is 392 g/mol. The van der Waals surface area contributed by atoms with Crippen molar-refractivity contribution in [3.05, 3.63) is 63.6 Å². The van der Waals surface area contributed by atoms with E-state index >= 15 is 0 Å². The molecule has 6 heteroatoms. The van der Waals surface area contributed by atoms with Gasteiger partial charge in [0.15, 0.2) is 0 Å². The smallest absolute Gasteiger partial charge is 0.238 e. The topological polar surface area (TPSA) is 35.6 Å². The summed E-state index contributed by atoms with van der Waals surface area (Å²) in [6.45, 7) is 6.82. The Morgan fingerprint density at radius 3 is 2.31 bits per heavy atom. The number of anilines is 1. The van der Waals surface area contributed by atoms with Crippen molar-refractivity contribution in [3.63, 3.8) is 0 Å². The molecule has 0 bridgehead atoms. The van der Waals surface area contributed by atoms with Gasteiger partial charge in [-0.15, -0.1) is 0 Å². The zero-order chi connectivity index (χ0) is 18.5. The number of nitrogens with one attached hydrogen (secondary N) is 1. The first-order valence-corrected chi connectivity index (χ1v) is 9.50. The van der Waals surface area contributed by atoms with Crippen LogP contribution in [-0.4, -0.2) is 48.4 Å². The van der Waals surface area contributed by atoms with E-state index in [2.05, 4.69) is 15.1 Å². The molecule has 0 radical (unpaired) electrons. The largest absolute Gasteiger partial charge is 0.325 e. The summed E-state index contributed by atoms with van der Waals surface area (Å²) in [5, 5.41) is 4.32. The van der Waals surface area contributed by atoms with Crippen LogP contribution in [0.25, 0.3) is 0 Å². The molecule has 1 heterocycles. The number of aryl methyl sites for hydroxylation is 1. The van der Waals surface area contributed by atoms with Crippen LogP contribution >= 0.6 is 23.2 Å². The van der Waals surface area contributed by atoms with Gasteiger partial charge in [0, 0.05) is 48.5 Å². The first-order valence-electron chi connectivity index (χ1n) is 8.75. The molecule has 1 N–H and O–H groups in total. The monoisotopic (exact) mass is 391 g/mol. The van der Waals surface area contributed by atoms with Gasteiger partial charge < -0.3 is 5.32 Å². The van der Waals surface area contributed by atoms with Gasteiger partial charge >= 0.3 is 0 Å². The third kappa shape index (κ3) is 5.45. The molecule has 1 amide bonds.